The third-order valence-electron chi connectivity index (χ3n) is 2.09. The second-order valence-electron chi connectivity index (χ2n) is 3.52. The zero-order valence-electron chi connectivity index (χ0n) is 9.60. The molecule has 6 nitrogen and oxygen atoms in total. The first-order valence-electron chi connectivity index (χ1n) is 5.04. The fraction of sp³-hybridized carbons (Fsp3) is 0.167. The number of rotatable bonds is 3. The molecule has 18 heavy (non-hydrogen) atoms. The van der Waals surface area contributed by atoms with Gasteiger partial charge in [-0.15, -0.1) is 6.42 Å². The van der Waals surface area contributed by atoms with Crippen molar-refractivity contribution < 1.29 is 19.8 Å². The lowest BCUT2D eigenvalue weighted by Gasteiger charge is -2.11. The van der Waals surface area contributed by atoms with E-state index in [0.717, 1.165) is 6.07 Å². The molecule has 0 radical (unpaired) electrons. The monoisotopic (exact) mass is 248 g/mol. The van der Waals surface area contributed by atoms with Crippen LogP contribution in [0.1, 0.15) is 17.3 Å². The third-order valence-corrected chi connectivity index (χ3v) is 2.09. The van der Waals surface area contributed by atoms with E-state index < -0.39 is 18.0 Å². The van der Waals surface area contributed by atoms with Gasteiger partial charge in [0.2, 0.25) is 0 Å². The molecule has 94 valence electrons. The van der Waals surface area contributed by atoms with E-state index in [4.69, 9.17) is 11.5 Å². The van der Waals surface area contributed by atoms with Gasteiger partial charge in [0.1, 0.15) is 5.75 Å². The zero-order valence-corrected chi connectivity index (χ0v) is 9.60. The highest BCUT2D eigenvalue weighted by molar-refractivity contribution is 5.93. The molecule has 0 aliphatic heterocycles. The molecule has 6 heteroatoms. The Morgan fingerprint density at radius 1 is 1.44 bits per heavy atom. The summed E-state index contributed by atoms with van der Waals surface area (Å²) in [7, 11) is 0. The molecule has 1 rings (SSSR count). The van der Waals surface area contributed by atoms with Crippen molar-refractivity contribution in [3.8, 4) is 18.1 Å². The summed E-state index contributed by atoms with van der Waals surface area (Å²) in [6, 6.07) is 2.56. The lowest BCUT2D eigenvalue weighted by molar-refractivity contribution is 0.0696. The van der Waals surface area contributed by atoms with Crippen LogP contribution in [0, 0.1) is 12.3 Å². The summed E-state index contributed by atoms with van der Waals surface area (Å²) >= 11 is 0. The van der Waals surface area contributed by atoms with Crippen LogP contribution in [0.25, 0.3) is 0 Å². The van der Waals surface area contributed by atoms with Crippen LogP contribution in [0.3, 0.4) is 0 Å². The number of hydrogen-bond donors (Lipinski definition) is 4. The Hall–Kier alpha value is -2.68. The number of carboxylic acid groups (broad SMARTS) is 1. The number of urea groups is 1. The normalized spacial score (nSPS) is 11.1. The van der Waals surface area contributed by atoms with E-state index >= 15 is 0 Å². The molecule has 0 saturated carbocycles. The highest BCUT2D eigenvalue weighted by atomic mass is 16.4. The van der Waals surface area contributed by atoms with Crippen molar-refractivity contribution in [3.05, 3.63) is 23.8 Å². The number of nitrogens with one attached hydrogen (secondary N) is 2. The molecular formula is C12H12N2O4. The number of carbonyl (C=O) groups excluding carboxylic acids is 1. The average molecular weight is 248 g/mol. The average Bonchev–Trinajstić information content (AvgIpc) is 2.31. The number of phenolic OH excluding ortho intramolecular Hbond substituents is 1. The molecule has 1 aromatic rings. The minimum Gasteiger partial charge on any atom is -0.506 e. The van der Waals surface area contributed by atoms with Crippen LogP contribution in [0.15, 0.2) is 18.2 Å². The molecule has 0 aliphatic rings. The van der Waals surface area contributed by atoms with Gasteiger partial charge in [-0.3, -0.25) is 0 Å². The number of phenols is 1. The number of carboxylic acids is 1. The van der Waals surface area contributed by atoms with Crippen molar-refractivity contribution in [2.45, 2.75) is 13.0 Å². The van der Waals surface area contributed by atoms with E-state index in [9.17, 15) is 14.7 Å². The van der Waals surface area contributed by atoms with E-state index in [1.54, 1.807) is 6.92 Å². The zero-order chi connectivity index (χ0) is 13.7. The van der Waals surface area contributed by atoms with E-state index in [0.29, 0.717) is 0 Å². The second kappa shape index (κ2) is 5.59. The van der Waals surface area contributed by atoms with Gasteiger partial charge >= 0.3 is 12.0 Å². The van der Waals surface area contributed by atoms with Crippen molar-refractivity contribution in [1.82, 2.24) is 5.32 Å². The SMILES string of the molecule is C#CC(C)NC(=O)Nc1ccc(C(=O)O)cc1O. The van der Waals surface area contributed by atoms with E-state index in [1.807, 2.05) is 0 Å². The van der Waals surface area contributed by atoms with Crippen LogP contribution >= 0.6 is 0 Å². The predicted octanol–water partition coefficient (Wildman–Crippen LogP) is 1.23. The molecule has 2 amide bonds. The Labute approximate surface area is 104 Å². The first-order valence-corrected chi connectivity index (χ1v) is 5.04. The van der Waals surface area contributed by atoms with Crippen LogP contribution in [-0.4, -0.2) is 28.3 Å². The summed E-state index contributed by atoms with van der Waals surface area (Å²) in [5, 5.41) is 23.0. The first-order chi connectivity index (χ1) is 8.43. The molecule has 1 aromatic carbocycles. The summed E-state index contributed by atoms with van der Waals surface area (Å²) in [4.78, 5) is 22.0. The van der Waals surface area contributed by atoms with Gasteiger partial charge in [0.25, 0.3) is 0 Å². The summed E-state index contributed by atoms with van der Waals surface area (Å²) in [5.74, 6) is 0.809. The van der Waals surface area contributed by atoms with Crippen molar-refractivity contribution in [2.75, 3.05) is 5.32 Å². The van der Waals surface area contributed by atoms with Crippen LogP contribution in [0.2, 0.25) is 0 Å². The summed E-state index contributed by atoms with van der Waals surface area (Å²) in [5.41, 5.74) is 0.0252. The molecule has 1 atom stereocenters. The summed E-state index contributed by atoms with van der Waals surface area (Å²) < 4.78 is 0. The van der Waals surface area contributed by atoms with Gasteiger partial charge in [0.15, 0.2) is 0 Å². The molecule has 4 N–H and O–H groups in total. The largest absolute Gasteiger partial charge is 0.506 e. The Kier molecular flexibility index (Phi) is 4.16. The maximum Gasteiger partial charge on any atom is 0.335 e. The van der Waals surface area contributed by atoms with Gasteiger partial charge < -0.3 is 20.8 Å². The van der Waals surface area contributed by atoms with Crippen molar-refractivity contribution in [1.29, 1.82) is 0 Å². The van der Waals surface area contributed by atoms with Gasteiger partial charge in [-0.25, -0.2) is 9.59 Å². The topological polar surface area (TPSA) is 98.7 Å². The molecule has 0 bridgehead atoms. The number of amides is 2. The molecule has 0 saturated heterocycles. The molecular weight excluding hydrogens is 236 g/mol. The number of aromatic carboxylic acids is 1. The van der Waals surface area contributed by atoms with Crippen LogP contribution in [0.5, 0.6) is 5.75 Å². The van der Waals surface area contributed by atoms with E-state index in [-0.39, 0.29) is 17.0 Å². The Balaban J connectivity index is 2.77. The van der Waals surface area contributed by atoms with Crippen molar-refractivity contribution >= 4 is 17.7 Å². The minimum atomic E-state index is -1.16. The maximum absolute atomic E-state index is 11.4. The Morgan fingerprint density at radius 3 is 2.61 bits per heavy atom. The first kappa shape index (κ1) is 13.4. The summed E-state index contributed by atoms with van der Waals surface area (Å²) in [6.07, 6.45) is 5.09. The minimum absolute atomic E-state index is 0.0737. The number of terminal acetylenes is 1. The fourth-order valence-electron chi connectivity index (χ4n) is 1.17. The number of hydrogen-bond acceptors (Lipinski definition) is 3. The van der Waals surface area contributed by atoms with Gasteiger partial charge in [-0.2, -0.15) is 0 Å². The van der Waals surface area contributed by atoms with Crippen molar-refractivity contribution in [3.63, 3.8) is 0 Å². The maximum atomic E-state index is 11.4. The predicted molar refractivity (Wildman–Crippen MR) is 65.5 cm³/mol. The molecule has 0 spiro atoms. The van der Waals surface area contributed by atoms with Crippen LogP contribution < -0.4 is 10.6 Å². The molecule has 0 fully saturated rings. The lowest BCUT2D eigenvalue weighted by atomic mass is 10.2. The van der Waals surface area contributed by atoms with Gasteiger partial charge in [-0.1, -0.05) is 5.92 Å². The highest BCUT2D eigenvalue weighted by Crippen LogP contribution is 2.24. The Bertz CT molecular complexity index is 519. The quantitative estimate of drug-likeness (QED) is 0.477. The fourth-order valence-corrected chi connectivity index (χ4v) is 1.17. The smallest absolute Gasteiger partial charge is 0.335 e. The molecule has 0 aliphatic carbocycles. The number of benzene rings is 1. The molecule has 1 unspecified atom stereocenters. The van der Waals surface area contributed by atoms with Crippen LogP contribution in [-0.2, 0) is 0 Å². The summed E-state index contributed by atoms with van der Waals surface area (Å²) in [6.45, 7) is 1.62. The third kappa shape index (κ3) is 3.42. The van der Waals surface area contributed by atoms with Gasteiger partial charge in [0.05, 0.1) is 17.3 Å². The molecule has 0 aromatic heterocycles. The van der Waals surface area contributed by atoms with Gasteiger partial charge in [0, 0.05) is 0 Å². The van der Waals surface area contributed by atoms with Gasteiger partial charge in [-0.05, 0) is 25.1 Å². The van der Waals surface area contributed by atoms with Crippen molar-refractivity contribution in [2.24, 2.45) is 0 Å². The highest BCUT2D eigenvalue weighted by Gasteiger charge is 2.10. The number of carbonyl (C=O) groups is 2. The Morgan fingerprint density at radius 2 is 2.11 bits per heavy atom. The second-order valence-corrected chi connectivity index (χ2v) is 3.52. The number of aromatic hydroxyl groups is 1. The standard InChI is InChI=1S/C12H12N2O4/c1-3-7(2)13-12(18)14-9-5-4-8(11(16)17)6-10(9)15/h1,4-7,15H,2H3,(H,16,17)(H2,13,14,18). The van der Waals surface area contributed by atoms with E-state index in [2.05, 4.69) is 16.6 Å². The van der Waals surface area contributed by atoms with E-state index in [1.165, 1.54) is 12.1 Å². The van der Waals surface area contributed by atoms with Crippen LogP contribution in [0.4, 0.5) is 10.5 Å². The lowest BCUT2D eigenvalue weighted by Crippen LogP contribution is -2.35. The molecule has 0 heterocycles. The number of anilines is 1.